The highest BCUT2D eigenvalue weighted by Gasteiger charge is 2.30. The Bertz CT molecular complexity index is 1060. The highest BCUT2D eigenvalue weighted by molar-refractivity contribution is 5.89. The number of carbonyl (C=O) groups excluding carboxylic acids is 1. The summed E-state index contributed by atoms with van der Waals surface area (Å²) in [5.41, 5.74) is 1.51. The molecule has 2 aromatic carbocycles. The summed E-state index contributed by atoms with van der Waals surface area (Å²) in [5.74, 6) is -0.0688. The molecular formula is C23H22F3N3O. The summed E-state index contributed by atoms with van der Waals surface area (Å²) in [6.07, 6.45) is -2.43. The van der Waals surface area contributed by atoms with Crippen LogP contribution in [0.5, 0.6) is 0 Å². The lowest BCUT2D eigenvalue weighted by Gasteiger charge is -2.23. The number of carbonyl (C=O) groups is 1. The first kappa shape index (κ1) is 20.3. The average Bonchev–Trinajstić information content (AvgIpc) is 2.74. The maximum Gasteiger partial charge on any atom is 0.416 e. The van der Waals surface area contributed by atoms with Crippen LogP contribution in [-0.4, -0.2) is 30.0 Å². The minimum absolute atomic E-state index is 0.0688. The zero-order chi connectivity index (χ0) is 21.1. The second kappa shape index (κ2) is 8.44. The van der Waals surface area contributed by atoms with Crippen molar-refractivity contribution in [2.45, 2.75) is 31.5 Å². The van der Waals surface area contributed by atoms with Crippen molar-refractivity contribution >= 4 is 16.8 Å². The number of hydrogen-bond acceptors (Lipinski definition) is 3. The molecule has 0 spiro atoms. The van der Waals surface area contributed by atoms with E-state index in [1.54, 1.807) is 12.1 Å². The Balaban J connectivity index is 1.62. The largest absolute Gasteiger partial charge is 0.416 e. The van der Waals surface area contributed by atoms with Crippen molar-refractivity contribution < 1.29 is 18.0 Å². The van der Waals surface area contributed by atoms with E-state index >= 15 is 0 Å². The minimum atomic E-state index is -4.41. The zero-order valence-electron chi connectivity index (χ0n) is 16.3. The van der Waals surface area contributed by atoms with E-state index in [2.05, 4.69) is 15.6 Å². The molecular weight excluding hydrogens is 391 g/mol. The van der Waals surface area contributed by atoms with Gasteiger partial charge in [0, 0.05) is 17.0 Å². The number of halogens is 3. The topological polar surface area (TPSA) is 54.0 Å². The lowest BCUT2D eigenvalue weighted by atomic mass is 10.0. The van der Waals surface area contributed by atoms with E-state index in [0.29, 0.717) is 16.8 Å². The number of amides is 1. The Morgan fingerprint density at radius 3 is 2.60 bits per heavy atom. The molecule has 1 aliphatic heterocycles. The first-order valence-electron chi connectivity index (χ1n) is 9.96. The van der Waals surface area contributed by atoms with Gasteiger partial charge in [-0.15, -0.1) is 0 Å². The SMILES string of the molecule is O=C(Cc1cccc2ccc(-c3cccc(C(F)(F)F)c3)nc12)NC1CCNCC1. The Kier molecular flexibility index (Phi) is 5.72. The molecule has 4 rings (SSSR count). The molecule has 0 saturated carbocycles. The molecule has 0 radical (unpaired) electrons. The van der Waals surface area contributed by atoms with Crippen molar-refractivity contribution in [3.63, 3.8) is 0 Å². The van der Waals surface area contributed by atoms with Crippen molar-refractivity contribution in [1.29, 1.82) is 0 Å². The number of nitrogens with zero attached hydrogens (tertiary/aromatic N) is 1. The summed E-state index contributed by atoms with van der Waals surface area (Å²) in [6.45, 7) is 1.78. The fourth-order valence-corrected chi connectivity index (χ4v) is 3.78. The maximum atomic E-state index is 13.1. The van der Waals surface area contributed by atoms with E-state index in [1.807, 2.05) is 24.3 Å². The summed E-state index contributed by atoms with van der Waals surface area (Å²) in [5, 5.41) is 7.18. The summed E-state index contributed by atoms with van der Waals surface area (Å²) < 4.78 is 39.2. The van der Waals surface area contributed by atoms with Crippen LogP contribution in [-0.2, 0) is 17.4 Å². The Morgan fingerprint density at radius 2 is 1.83 bits per heavy atom. The standard InChI is InChI=1S/C23H22F3N3O/c24-23(25,26)18-6-2-4-16(13-18)20-8-7-15-3-1-5-17(22(15)29-20)14-21(30)28-19-9-11-27-12-10-19/h1-8,13,19,27H,9-12,14H2,(H,28,30). The number of nitrogens with one attached hydrogen (secondary N) is 2. The average molecular weight is 413 g/mol. The molecule has 1 aliphatic rings. The molecule has 1 aromatic heterocycles. The van der Waals surface area contributed by atoms with Gasteiger partial charge in [-0.3, -0.25) is 4.79 Å². The van der Waals surface area contributed by atoms with E-state index in [-0.39, 0.29) is 18.4 Å². The summed E-state index contributed by atoms with van der Waals surface area (Å²) in [4.78, 5) is 17.2. The molecule has 0 aliphatic carbocycles. The van der Waals surface area contributed by atoms with Gasteiger partial charge < -0.3 is 10.6 Å². The quantitative estimate of drug-likeness (QED) is 0.669. The Labute approximate surface area is 172 Å². The van der Waals surface area contributed by atoms with Gasteiger partial charge in [0.2, 0.25) is 5.91 Å². The van der Waals surface area contributed by atoms with Gasteiger partial charge in [-0.05, 0) is 49.7 Å². The van der Waals surface area contributed by atoms with E-state index in [9.17, 15) is 18.0 Å². The maximum absolute atomic E-state index is 13.1. The number of piperidine rings is 1. The number of rotatable bonds is 4. The van der Waals surface area contributed by atoms with Gasteiger partial charge >= 0.3 is 6.18 Å². The molecule has 0 atom stereocenters. The highest BCUT2D eigenvalue weighted by atomic mass is 19.4. The third-order valence-corrected chi connectivity index (χ3v) is 5.34. The van der Waals surface area contributed by atoms with Crippen molar-refractivity contribution in [2.24, 2.45) is 0 Å². The van der Waals surface area contributed by atoms with Crippen LogP contribution in [0.25, 0.3) is 22.2 Å². The summed E-state index contributed by atoms with van der Waals surface area (Å²) in [7, 11) is 0. The van der Waals surface area contributed by atoms with E-state index < -0.39 is 11.7 Å². The molecule has 0 bridgehead atoms. The van der Waals surface area contributed by atoms with Gasteiger partial charge in [-0.2, -0.15) is 13.2 Å². The van der Waals surface area contributed by atoms with Crippen molar-refractivity contribution in [3.8, 4) is 11.3 Å². The molecule has 1 amide bonds. The summed E-state index contributed by atoms with van der Waals surface area (Å²) >= 11 is 0. The smallest absolute Gasteiger partial charge is 0.353 e. The van der Waals surface area contributed by atoms with E-state index in [4.69, 9.17) is 0 Å². The number of pyridine rings is 1. The van der Waals surface area contributed by atoms with Crippen LogP contribution in [0.2, 0.25) is 0 Å². The number of alkyl halides is 3. The van der Waals surface area contributed by atoms with Gasteiger partial charge in [0.05, 0.1) is 23.2 Å². The lowest BCUT2D eigenvalue weighted by molar-refractivity contribution is -0.137. The number of para-hydroxylation sites is 1. The van der Waals surface area contributed by atoms with Crippen LogP contribution < -0.4 is 10.6 Å². The van der Waals surface area contributed by atoms with Crippen molar-refractivity contribution in [1.82, 2.24) is 15.6 Å². The van der Waals surface area contributed by atoms with Gasteiger partial charge in [-0.25, -0.2) is 4.98 Å². The molecule has 4 nitrogen and oxygen atoms in total. The molecule has 1 saturated heterocycles. The monoisotopic (exact) mass is 413 g/mol. The van der Waals surface area contributed by atoms with Crippen LogP contribution in [0.4, 0.5) is 13.2 Å². The van der Waals surface area contributed by atoms with E-state index in [0.717, 1.165) is 49.0 Å². The van der Waals surface area contributed by atoms with Gasteiger partial charge in [-0.1, -0.05) is 36.4 Å². The van der Waals surface area contributed by atoms with E-state index in [1.165, 1.54) is 6.07 Å². The molecule has 30 heavy (non-hydrogen) atoms. The second-order valence-corrected chi connectivity index (χ2v) is 7.53. The first-order valence-corrected chi connectivity index (χ1v) is 9.96. The second-order valence-electron chi connectivity index (χ2n) is 7.53. The molecule has 7 heteroatoms. The highest BCUT2D eigenvalue weighted by Crippen LogP contribution is 2.32. The number of fused-ring (bicyclic) bond motifs is 1. The van der Waals surface area contributed by atoms with Gasteiger partial charge in [0.1, 0.15) is 0 Å². The molecule has 156 valence electrons. The van der Waals surface area contributed by atoms with Gasteiger partial charge in [0.15, 0.2) is 0 Å². The summed E-state index contributed by atoms with van der Waals surface area (Å²) in [6, 6.07) is 14.4. The molecule has 2 N–H and O–H groups in total. The third-order valence-electron chi connectivity index (χ3n) is 5.34. The third kappa shape index (κ3) is 4.62. The predicted molar refractivity (Wildman–Crippen MR) is 110 cm³/mol. The number of aromatic nitrogens is 1. The molecule has 3 aromatic rings. The van der Waals surface area contributed by atoms with Crippen LogP contribution >= 0.6 is 0 Å². The predicted octanol–water partition coefficient (Wildman–Crippen LogP) is 4.33. The number of benzene rings is 2. The fourth-order valence-electron chi connectivity index (χ4n) is 3.78. The van der Waals surface area contributed by atoms with Crippen LogP contribution in [0.1, 0.15) is 24.0 Å². The molecule has 0 unspecified atom stereocenters. The van der Waals surface area contributed by atoms with Crippen molar-refractivity contribution in [3.05, 3.63) is 65.7 Å². The normalized spacial score (nSPS) is 15.3. The van der Waals surface area contributed by atoms with Crippen LogP contribution in [0.3, 0.4) is 0 Å². The zero-order valence-corrected chi connectivity index (χ0v) is 16.3. The molecule has 1 fully saturated rings. The first-order chi connectivity index (χ1) is 14.4. The minimum Gasteiger partial charge on any atom is -0.353 e. The fraction of sp³-hybridized carbons (Fsp3) is 0.304. The van der Waals surface area contributed by atoms with Crippen LogP contribution in [0, 0.1) is 0 Å². The van der Waals surface area contributed by atoms with Crippen LogP contribution in [0.15, 0.2) is 54.6 Å². The molecule has 2 heterocycles. The Hall–Kier alpha value is -2.93. The Morgan fingerprint density at radius 1 is 1.07 bits per heavy atom. The van der Waals surface area contributed by atoms with Gasteiger partial charge in [0.25, 0.3) is 0 Å². The number of hydrogen-bond donors (Lipinski definition) is 2. The lowest BCUT2D eigenvalue weighted by Crippen LogP contribution is -2.43. The van der Waals surface area contributed by atoms with Crippen molar-refractivity contribution in [2.75, 3.05) is 13.1 Å².